The molecule has 0 radical (unpaired) electrons. The third-order valence-corrected chi connectivity index (χ3v) is 4.31. The quantitative estimate of drug-likeness (QED) is 0.193. The highest BCUT2D eigenvalue weighted by atomic mass is 127. The number of hydrogen-bond donors (Lipinski definition) is 1. The highest BCUT2D eigenvalue weighted by Gasteiger charge is 2.18. The molecule has 1 fully saturated rings. The van der Waals surface area contributed by atoms with Crippen molar-refractivity contribution in [2.24, 2.45) is 4.99 Å². The van der Waals surface area contributed by atoms with Crippen molar-refractivity contribution in [1.82, 2.24) is 15.1 Å². The number of carbonyl (C=O) groups is 1. The Labute approximate surface area is 165 Å². The third kappa shape index (κ3) is 9.49. The molecule has 1 rings (SSSR count). The number of unbranched alkanes of at least 4 members (excludes halogenated alkanes) is 3. The van der Waals surface area contributed by atoms with Crippen LogP contribution in [0.3, 0.4) is 0 Å². The second-order valence-corrected chi connectivity index (χ2v) is 6.61. The molecule has 0 aromatic rings. The molecule has 1 amide bonds. The minimum Gasteiger partial charge on any atom is -0.354 e. The molecule has 0 aliphatic heterocycles. The summed E-state index contributed by atoms with van der Waals surface area (Å²) in [5.41, 5.74) is 0. The minimum atomic E-state index is 0. The van der Waals surface area contributed by atoms with Gasteiger partial charge in [-0.05, 0) is 32.1 Å². The number of rotatable bonds is 9. The van der Waals surface area contributed by atoms with E-state index in [-0.39, 0.29) is 36.4 Å². The molecule has 5 nitrogen and oxygen atoms in total. The lowest BCUT2D eigenvalue weighted by Crippen LogP contribution is -2.44. The smallest absolute Gasteiger partial charge is 0.243 e. The van der Waals surface area contributed by atoms with Crippen LogP contribution in [0.25, 0.3) is 0 Å². The number of allylic oxidation sites excluding steroid dienone is 1. The Hall–Kier alpha value is -0.790. The average molecular weight is 450 g/mol. The van der Waals surface area contributed by atoms with Gasteiger partial charge in [0.1, 0.15) is 6.54 Å². The molecule has 1 aliphatic rings. The molecule has 0 saturated heterocycles. The van der Waals surface area contributed by atoms with Crippen molar-refractivity contribution >= 4 is 35.8 Å². The van der Waals surface area contributed by atoms with E-state index in [4.69, 9.17) is 0 Å². The van der Waals surface area contributed by atoms with Gasteiger partial charge in [-0.15, -0.1) is 30.6 Å². The Morgan fingerprint density at radius 1 is 1.21 bits per heavy atom. The van der Waals surface area contributed by atoms with E-state index in [1.807, 2.05) is 6.08 Å². The number of aliphatic imine (C=N–C) groups is 1. The van der Waals surface area contributed by atoms with E-state index >= 15 is 0 Å². The fraction of sp³-hybridized carbons (Fsp3) is 0.778. The highest BCUT2D eigenvalue weighted by molar-refractivity contribution is 14.0. The van der Waals surface area contributed by atoms with Crippen LogP contribution in [0, 0.1) is 0 Å². The predicted molar refractivity (Wildman–Crippen MR) is 113 cm³/mol. The molecule has 0 aromatic heterocycles. The summed E-state index contributed by atoms with van der Waals surface area (Å²) in [6, 6.07) is 0.506. The van der Waals surface area contributed by atoms with Crippen molar-refractivity contribution in [2.75, 3.05) is 34.2 Å². The molecule has 1 N–H and O–H groups in total. The van der Waals surface area contributed by atoms with Gasteiger partial charge >= 0.3 is 0 Å². The van der Waals surface area contributed by atoms with Gasteiger partial charge in [0, 0.05) is 33.7 Å². The third-order valence-electron chi connectivity index (χ3n) is 4.31. The summed E-state index contributed by atoms with van der Waals surface area (Å²) in [6.45, 7) is 4.93. The summed E-state index contributed by atoms with van der Waals surface area (Å²) in [5, 5.41) is 3.55. The maximum absolute atomic E-state index is 11.8. The van der Waals surface area contributed by atoms with E-state index in [0.717, 1.165) is 25.3 Å². The first-order chi connectivity index (χ1) is 11.0. The largest absolute Gasteiger partial charge is 0.354 e. The Bertz CT molecular complexity index is 392. The number of carbonyl (C=O) groups excluding carboxylic acids is 1. The highest BCUT2D eigenvalue weighted by Crippen LogP contribution is 2.17. The molecule has 6 heteroatoms. The van der Waals surface area contributed by atoms with Gasteiger partial charge in [0.25, 0.3) is 0 Å². The average Bonchev–Trinajstić information content (AvgIpc) is 3.03. The number of amides is 1. The van der Waals surface area contributed by atoms with Crippen molar-refractivity contribution in [3.05, 3.63) is 12.7 Å². The van der Waals surface area contributed by atoms with E-state index in [9.17, 15) is 4.79 Å². The lowest BCUT2D eigenvalue weighted by molar-refractivity contribution is -0.127. The molecule has 0 aromatic carbocycles. The lowest BCUT2D eigenvalue weighted by Gasteiger charge is -2.25. The van der Waals surface area contributed by atoms with Gasteiger partial charge in [-0.25, -0.2) is 4.99 Å². The SMILES string of the molecule is C=CCCCCCN(C)C(=NCC(=O)N(C)C)NC1CCCC1.I. The van der Waals surface area contributed by atoms with Crippen LogP contribution in [0.4, 0.5) is 0 Å². The number of halogens is 1. The van der Waals surface area contributed by atoms with E-state index in [0.29, 0.717) is 6.04 Å². The van der Waals surface area contributed by atoms with Crippen LogP contribution in [0.15, 0.2) is 17.6 Å². The molecule has 0 bridgehead atoms. The predicted octanol–water partition coefficient (Wildman–Crippen LogP) is 3.26. The molecular formula is C18H35IN4O. The first-order valence-corrected chi connectivity index (χ1v) is 8.87. The summed E-state index contributed by atoms with van der Waals surface area (Å²) in [4.78, 5) is 20.1. The molecule has 0 atom stereocenters. The van der Waals surface area contributed by atoms with Crippen LogP contribution >= 0.6 is 24.0 Å². The van der Waals surface area contributed by atoms with Crippen LogP contribution in [0.5, 0.6) is 0 Å². The summed E-state index contributed by atoms with van der Waals surface area (Å²) < 4.78 is 0. The zero-order valence-corrected chi connectivity index (χ0v) is 17.9. The summed E-state index contributed by atoms with van der Waals surface area (Å²) in [5.74, 6) is 0.908. The minimum absolute atomic E-state index is 0. The van der Waals surface area contributed by atoms with Gasteiger partial charge in [0.15, 0.2) is 5.96 Å². The van der Waals surface area contributed by atoms with Crippen molar-refractivity contribution < 1.29 is 4.79 Å². The maximum Gasteiger partial charge on any atom is 0.243 e. The molecule has 0 unspecified atom stereocenters. The maximum atomic E-state index is 11.8. The van der Waals surface area contributed by atoms with Crippen LogP contribution < -0.4 is 5.32 Å². The Kier molecular flexibility index (Phi) is 13.1. The number of likely N-dealkylation sites (N-methyl/N-ethyl adjacent to an activating group) is 1. The first kappa shape index (κ1) is 23.2. The standard InChI is InChI=1S/C18H34N4O.HI/c1-5-6-7-8-11-14-22(4)18(19-15-17(23)21(2)3)20-16-12-9-10-13-16;/h5,16H,1,6-15H2,2-4H3,(H,19,20);1H. The van der Waals surface area contributed by atoms with Gasteiger partial charge in [0.2, 0.25) is 5.91 Å². The zero-order valence-electron chi connectivity index (χ0n) is 15.6. The van der Waals surface area contributed by atoms with Gasteiger partial charge in [-0.3, -0.25) is 4.79 Å². The molecule has 1 saturated carbocycles. The van der Waals surface area contributed by atoms with E-state index in [1.54, 1.807) is 19.0 Å². The van der Waals surface area contributed by atoms with Gasteiger partial charge in [0.05, 0.1) is 0 Å². The molecule has 0 heterocycles. The Morgan fingerprint density at radius 2 is 1.88 bits per heavy atom. The Morgan fingerprint density at radius 3 is 2.46 bits per heavy atom. The molecule has 0 spiro atoms. The molecule has 140 valence electrons. The number of nitrogens with zero attached hydrogens (tertiary/aromatic N) is 3. The van der Waals surface area contributed by atoms with E-state index in [1.165, 1.54) is 38.5 Å². The second kappa shape index (κ2) is 13.5. The Balaban J connectivity index is 0.00000529. The first-order valence-electron chi connectivity index (χ1n) is 8.87. The number of hydrogen-bond acceptors (Lipinski definition) is 2. The summed E-state index contributed by atoms with van der Waals surface area (Å²) in [6.07, 6.45) is 11.6. The normalized spacial score (nSPS) is 14.9. The van der Waals surface area contributed by atoms with E-state index in [2.05, 4.69) is 28.8 Å². The summed E-state index contributed by atoms with van der Waals surface area (Å²) >= 11 is 0. The number of guanidine groups is 1. The fourth-order valence-corrected chi connectivity index (χ4v) is 2.73. The topological polar surface area (TPSA) is 47.9 Å². The van der Waals surface area contributed by atoms with Crippen molar-refractivity contribution in [2.45, 2.75) is 57.4 Å². The molecule has 24 heavy (non-hydrogen) atoms. The van der Waals surface area contributed by atoms with E-state index < -0.39 is 0 Å². The van der Waals surface area contributed by atoms with Gasteiger partial charge in [-0.1, -0.05) is 25.3 Å². The van der Waals surface area contributed by atoms with Gasteiger partial charge in [-0.2, -0.15) is 0 Å². The van der Waals surface area contributed by atoms with Crippen molar-refractivity contribution in [3.8, 4) is 0 Å². The molecular weight excluding hydrogens is 415 g/mol. The van der Waals surface area contributed by atoms with Crippen LogP contribution in [-0.4, -0.2) is 61.9 Å². The lowest BCUT2D eigenvalue weighted by atomic mass is 10.2. The van der Waals surface area contributed by atoms with Crippen LogP contribution in [0.1, 0.15) is 51.4 Å². The van der Waals surface area contributed by atoms with Crippen molar-refractivity contribution in [1.29, 1.82) is 0 Å². The van der Waals surface area contributed by atoms with Crippen molar-refractivity contribution in [3.63, 3.8) is 0 Å². The molecule has 1 aliphatic carbocycles. The zero-order chi connectivity index (χ0) is 17.1. The van der Waals surface area contributed by atoms with Crippen LogP contribution in [0.2, 0.25) is 0 Å². The van der Waals surface area contributed by atoms with Gasteiger partial charge < -0.3 is 15.1 Å². The fourth-order valence-electron chi connectivity index (χ4n) is 2.73. The monoisotopic (exact) mass is 450 g/mol. The number of nitrogens with one attached hydrogen (secondary N) is 1. The second-order valence-electron chi connectivity index (χ2n) is 6.61. The summed E-state index contributed by atoms with van der Waals surface area (Å²) in [7, 11) is 5.60. The van der Waals surface area contributed by atoms with Crippen LogP contribution in [-0.2, 0) is 4.79 Å².